The Morgan fingerprint density at radius 2 is 2.00 bits per heavy atom. The Morgan fingerprint density at radius 3 is 2.84 bits per heavy atom. The molecule has 1 heterocycles. The number of aromatic nitrogens is 2. The number of aryl methyl sites for hydroxylation is 1. The molecule has 0 unspecified atom stereocenters. The van der Waals surface area contributed by atoms with Gasteiger partial charge in [0.05, 0.1) is 23.9 Å². The number of fused-ring (bicyclic) bond motifs is 1. The van der Waals surface area contributed by atoms with E-state index in [0.717, 1.165) is 28.2 Å². The first kappa shape index (κ1) is 16.7. The molecule has 0 atom stereocenters. The first-order valence-electron chi connectivity index (χ1n) is 8.14. The zero-order valence-corrected chi connectivity index (χ0v) is 14.3. The van der Waals surface area contributed by atoms with Crippen molar-refractivity contribution in [3.63, 3.8) is 0 Å². The average molecular weight is 336 g/mol. The van der Waals surface area contributed by atoms with Crippen LogP contribution >= 0.6 is 0 Å². The van der Waals surface area contributed by atoms with E-state index >= 15 is 0 Å². The predicted molar refractivity (Wildman–Crippen MR) is 97.8 cm³/mol. The SMILES string of the molecule is CCOc1ccccc1/C=N\NC(=O)Cn1c(C)nc2ccccc21. The van der Waals surface area contributed by atoms with Crippen molar-refractivity contribution in [1.29, 1.82) is 0 Å². The van der Waals surface area contributed by atoms with E-state index < -0.39 is 0 Å². The van der Waals surface area contributed by atoms with E-state index in [1.165, 1.54) is 0 Å². The number of hydrogen-bond acceptors (Lipinski definition) is 4. The maximum atomic E-state index is 12.2. The molecule has 0 aliphatic carbocycles. The Morgan fingerprint density at radius 1 is 1.24 bits per heavy atom. The minimum absolute atomic E-state index is 0.163. The van der Waals surface area contributed by atoms with Gasteiger partial charge in [-0.25, -0.2) is 10.4 Å². The molecule has 1 amide bonds. The monoisotopic (exact) mass is 336 g/mol. The molecule has 3 rings (SSSR count). The highest BCUT2D eigenvalue weighted by atomic mass is 16.5. The van der Waals surface area contributed by atoms with Gasteiger partial charge in [0, 0.05) is 5.56 Å². The molecule has 0 aliphatic heterocycles. The number of hydrazone groups is 1. The van der Waals surface area contributed by atoms with Gasteiger partial charge in [0.15, 0.2) is 0 Å². The van der Waals surface area contributed by atoms with Crippen LogP contribution in [0.4, 0.5) is 0 Å². The van der Waals surface area contributed by atoms with Crippen molar-refractivity contribution in [1.82, 2.24) is 15.0 Å². The van der Waals surface area contributed by atoms with Gasteiger partial charge in [-0.3, -0.25) is 4.79 Å². The van der Waals surface area contributed by atoms with E-state index in [-0.39, 0.29) is 12.5 Å². The number of imidazole rings is 1. The van der Waals surface area contributed by atoms with Crippen LogP contribution in [0.15, 0.2) is 53.6 Å². The molecule has 128 valence electrons. The lowest BCUT2D eigenvalue weighted by Gasteiger charge is -2.07. The van der Waals surface area contributed by atoms with Crippen molar-refractivity contribution in [2.45, 2.75) is 20.4 Å². The maximum Gasteiger partial charge on any atom is 0.260 e. The van der Waals surface area contributed by atoms with Crippen molar-refractivity contribution in [2.24, 2.45) is 5.10 Å². The predicted octanol–water partition coefficient (Wildman–Crippen LogP) is 2.89. The number of carbonyl (C=O) groups excluding carboxylic acids is 1. The van der Waals surface area contributed by atoms with Crippen LogP contribution in [0.3, 0.4) is 0 Å². The molecule has 0 saturated carbocycles. The Labute approximate surface area is 146 Å². The summed E-state index contributed by atoms with van der Waals surface area (Å²) in [5.74, 6) is 1.32. The molecule has 0 bridgehead atoms. The van der Waals surface area contributed by atoms with Gasteiger partial charge in [0.2, 0.25) is 0 Å². The van der Waals surface area contributed by atoms with Gasteiger partial charge in [0.1, 0.15) is 18.1 Å². The highest BCUT2D eigenvalue weighted by Crippen LogP contribution is 2.16. The molecular weight excluding hydrogens is 316 g/mol. The fraction of sp³-hybridized carbons (Fsp3) is 0.211. The highest BCUT2D eigenvalue weighted by molar-refractivity contribution is 5.85. The van der Waals surface area contributed by atoms with Crippen LogP contribution in [-0.4, -0.2) is 28.3 Å². The Kier molecular flexibility index (Phi) is 5.09. The number of hydrogen-bond donors (Lipinski definition) is 1. The fourth-order valence-corrected chi connectivity index (χ4v) is 2.62. The molecule has 6 nitrogen and oxygen atoms in total. The number of ether oxygens (including phenoxy) is 1. The average Bonchev–Trinajstić information content (AvgIpc) is 2.92. The van der Waals surface area contributed by atoms with Gasteiger partial charge >= 0.3 is 0 Å². The van der Waals surface area contributed by atoms with E-state index in [4.69, 9.17) is 4.74 Å². The fourth-order valence-electron chi connectivity index (χ4n) is 2.62. The standard InChI is InChI=1S/C19H20N4O2/c1-3-25-18-11-7-4-8-15(18)12-20-22-19(24)13-23-14(2)21-16-9-5-6-10-17(16)23/h4-12H,3,13H2,1-2H3,(H,22,24)/b20-12-. The minimum atomic E-state index is -0.212. The van der Waals surface area contributed by atoms with Gasteiger partial charge in [-0.05, 0) is 38.1 Å². The van der Waals surface area contributed by atoms with Crippen molar-refractivity contribution in [3.8, 4) is 5.75 Å². The second-order valence-electron chi connectivity index (χ2n) is 5.50. The second kappa shape index (κ2) is 7.61. The van der Waals surface area contributed by atoms with E-state index in [2.05, 4.69) is 15.5 Å². The third-order valence-electron chi connectivity index (χ3n) is 3.76. The Hall–Kier alpha value is -3.15. The van der Waals surface area contributed by atoms with Crippen LogP contribution in [0.25, 0.3) is 11.0 Å². The van der Waals surface area contributed by atoms with Crippen molar-refractivity contribution >= 4 is 23.2 Å². The smallest absolute Gasteiger partial charge is 0.260 e. The Bertz CT molecular complexity index is 915. The number of nitrogens with zero attached hydrogens (tertiary/aromatic N) is 3. The molecule has 0 aliphatic rings. The van der Waals surface area contributed by atoms with E-state index in [0.29, 0.717) is 6.61 Å². The quantitative estimate of drug-likeness (QED) is 0.556. The van der Waals surface area contributed by atoms with Crippen molar-refractivity contribution in [3.05, 3.63) is 59.9 Å². The number of nitrogens with one attached hydrogen (secondary N) is 1. The van der Waals surface area contributed by atoms with Gasteiger partial charge in [-0.1, -0.05) is 24.3 Å². The molecule has 0 fully saturated rings. The zero-order chi connectivity index (χ0) is 17.6. The second-order valence-corrected chi connectivity index (χ2v) is 5.50. The lowest BCUT2D eigenvalue weighted by atomic mass is 10.2. The van der Waals surface area contributed by atoms with Crippen LogP contribution in [0.5, 0.6) is 5.75 Å². The summed E-state index contributed by atoms with van der Waals surface area (Å²) in [5, 5.41) is 4.04. The summed E-state index contributed by atoms with van der Waals surface area (Å²) in [7, 11) is 0. The molecule has 3 aromatic rings. The first-order chi connectivity index (χ1) is 12.2. The largest absolute Gasteiger partial charge is 0.493 e. The topological polar surface area (TPSA) is 68.5 Å². The third kappa shape index (κ3) is 3.85. The number of para-hydroxylation sites is 3. The molecule has 2 aromatic carbocycles. The summed E-state index contributed by atoms with van der Waals surface area (Å²) in [5.41, 5.74) is 5.18. The molecule has 0 saturated heterocycles. The van der Waals surface area contributed by atoms with Gasteiger partial charge in [0.25, 0.3) is 5.91 Å². The normalized spacial score (nSPS) is 11.1. The molecule has 0 radical (unpaired) electrons. The Balaban J connectivity index is 1.68. The molecule has 0 spiro atoms. The number of benzene rings is 2. The van der Waals surface area contributed by atoms with Crippen LogP contribution < -0.4 is 10.2 Å². The van der Waals surface area contributed by atoms with Crippen LogP contribution in [0.1, 0.15) is 18.3 Å². The molecule has 25 heavy (non-hydrogen) atoms. The minimum Gasteiger partial charge on any atom is -0.493 e. The van der Waals surface area contributed by atoms with E-state index in [1.54, 1.807) is 6.21 Å². The summed E-state index contributed by atoms with van der Waals surface area (Å²) >= 11 is 0. The van der Waals surface area contributed by atoms with Crippen LogP contribution in [0, 0.1) is 6.92 Å². The summed E-state index contributed by atoms with van der Waals surface area (Å²) in [6, 6.07) is 15.3. The van der Waals surface area contributed by atoms with Crippen LogP contribution in [-0.2, 0) is 11.3 Å². The molecule has 1 aromatic heterocycles. The lowest BCUT2D eigenvalue weighted by molar-refractivity contribution is -0.121. The summed E-state index contributed by atoms with van der Waals surface area (Å²) in [4.78, 5) is 16.7. The van der Waals surface area contributed by atoms with Gasteiger partial charge in [-0.2, -0.15) is 5.10 Å². The zero-order valence-electron chi connectivity index (χ0n) is 14.3. The molecular formula is C19H20N4O2. The van der Waals surface area contributed by atoms with E-state index in [1.807, 2.05) is 66.9 Å². The highest BCUT2D eigenvalue weighted by Gasteiger charge is 2.10. The van der Waals surface area contributed by atoms with Gasteiger partial charge < -0.3 is 9.30 Å². The maximum absolute atomic E-state index is 12.2. The number of rotatable bonds is 6. The number of amides is 1. The van der Waals surface area contributed by atoms with Crippen LogP contribution in [0.2, 0.25) is 0 Å². The summed E-state index contributed by atoms with van der Waals surface area (Å²) in [6.07, 6.45) is 1.59. The number of carbonyl (C=O) groups is 1. The summed E-state index contributed by atoms with van der Waals surface area (Å²) in [6.45, 7) is 4.54. The molecule has 6 heteroatoms. The molecule has 1 N–H and O–H groups in total. The van der Waals surface area contributed by atoms with Gasteiger partial charge in [-0.15, -0.1) is 0 Å². The first-order valence-corrected chi connectivity index (χ1v) is 8.14. The van der Waals surface area contributed by atoms with Crippen molar-refractivity contribution < 1.29 is 9.53 Å². The van der Waals surface area contributed by atoms with Crippen molar-refractivity contribution in [2.75, 3.05) is 6.61 Å². The summed E-state index contributed by atoms with van der Waals surface area (Å²) < 4.78 is 7.40. The third-order valence-corrected chi connectivity index (χ3v) is 3.76. The van der Waals surface area contributed by atoms with E-state index in [9.17, 15) is 4.79 Å². The lowest BCUT2D eigenvalue weighted by Crippen LogP contribution is -2.23.